The van der Waals surface area contributed by atoms with Crippen molar-refractivity contribution in [2.24, 2.45) is 5.92 Å². The van der Waals surface area contributed by atoms with Gasteiger partial charge in [0, 0.05) is 13.2 Å². The average molecular weight is 371 g/mol. The van der Waals surface area contributed by atoms with Crippen molar-refractivity contribution < 1.29 is 8.85 Å². The molecule has 0 spiro atoms. The van der Waals surface area contributed by atoms with Crippen molar-refractivity contribution in [1.29, 1.82) is 0 Å². The highest BCUT2D eigenvalue weighted by Crippen LogP contribution is 2.14. The van der Waals surface area contributed by atoms with Gasteiger partial charge in [0.15, 0.2) is 0 Å². The molecule has 0 radical (unpaired) electrons. The Labute approximate surface area is 160 Å². The maximum Gasteiger partial charge on any atom is 0.361 e. The summed E-state index contributed by atoms with van der Waals surface area (Å²) >= 11 is 0. The summed E-state index contributed by atoms with van der Waals surface area (Å²) in [5, 5.41) is 0. The summed E-state index contributed by atoms with van der Waals surface area (Å²) in [7, 11) is -2.13. The average Bonchev–Trinajstić information content (AvgIpc) is 2.58. The molecule has 0 aromatic rings. The maximum atomic E-state index is 6.05. The fourth-order valence-electron chi connectivity index (χ4n) is 2.87. The van der Waals surface area contributed by atoms with Gasteiger partial charge in [-0.2, -0.15) is 0 Å². The molecule has 0 aliphatic heterocycles. The van der Waals surface area contributed by atoms with E-state index in [2.05, 4.69) is 33.9 Å². The molecule has 0 aromatic carbocycles. The lowest BCUT2D eigenvalue weighted by molar-refractivity contribution is 0.173. The Kier molecular flexibility index (Phi) is 17.2. The largest absolute Gasteiger partial charge is 0.391 e. The first kappa shape index (κ1) is 24.9. The van der Waals surface area contributed by atoms with Crippen LogP contribution in [0.4, 0.5) is 0 Å². The number of hydrogen-bond acceptors (Lipinski definition) is 2. The van der Waals surface area contributed by atoms with Crippen LogP contribution in [0.25, 0.3) is 0 Å². The molecule has 1 atom stereocenters. The summed E-state index contributed by atoms with van der Waals surface area (Å²) in [4.78, 5) is 0. The zero-order chi connectivity index (χ0) is 18.8. The van der Waals surface area contributed by atoms with Crippen LogP contribution in [0, 0.1) is 5.92 Å². The predicted molar refractivity (Wildman–Crippen MR) is 114 cm³/mol. The number of unbranched alkanes of at least 4 members (excludes halogenated alkanes) is 11. The minimum Gasteiger partial charge on any atom is -0.391 e. The molecule has 0 saturated heterocycles. The van der Waals surface area contributed by atoms with E-state index in [1.165, 1.54) is 70.6 Å². The minimum absolute atomic E-state index is 0.680. The Morgan fingerprint density at radius 3 is 1.64 bits per heavy atom. The Morgan fingerprint density at radius 1 is 0.760 bits per heavy atom. The Balaban J connectivity index is 3.42. The molecule has 0 saturated carbocycles. The van der Waals surface area contributed by atoms with E-state index in [9.17, 15) is 0 Å². The summed E-state index contributed by atoms with van der Waals surface area (Å²) in [6, 6.07) is 0. The Hall–Kier alpha value is -0.123. The van der Waals surface area contributed by atoms with Crippen LogP contribution < -0.4 is 0 Å². The van der Waals surface area contributed by atoms with Crippen LogP contribution in [0.3, 0.4) is 0 Å². The van der Waals surface area contributed by atoms with Crippen molar-refractivity contribution in [1.82, 2.24) is 0 Å². The van der Waals surface area contributed by atoms with Gasteiger partial charge in [-0.1, -0.05) is 91.4 Å². The van der Waals surface area contributed by atoms with Crippen LogP contribution in [0.1, 0.15) is 104 Å². The summed E-state index contributed by atoms with van der Waals surface area (Å²) in [5.41, 5.74) is 1.92. The van der Waals surface area contributed by atoms with Crippen LogP contribution in [0.2, 0.25) is 6.55 Å². The quantitative estimate of drug-likeness (QED) is 0.172. The van der Waals surface area contributed by atoms with Gasteiger partial charge in [-0.3, -0.25) is 0 Å². The zero-order valence-corrected chi connectivity index (χ0v) is 18.8. The SMILES string of the molecule is C=C[Si](C)(OCCCCCCCCCCCCCC)OCCC(C)C. The monoisotopic (exact) mass is 370 g/mol. The van der Waals surface area contributed by atoms with Crippen molar-refractivity contribution in [3.05, 3.63) is 12.3 Å². The molecule has 1 unspecified atom stereocenters. The van der Waals surface area contributed by atoms with Gasteiger partial charge in [-0.25, -0.2) is 0 Å². The first-order chi connectivity index (χ1) is 12.0. The Bertz CT molecular complexity index is 294. The van der Waals surface area contributed by atoms with Crippen LogP contribution in [0.5, 0.6) is 0 Å². The van der Waals surface area contributed by atoms with E-state index < -0.39 is 8.56 Å². The normalized spacial score (nSPS) is 14.0. The van der Waals surface area contributed by atoms with E-state index in [0.717, 1.165) is 26.1 Å². The lowest BCUT2D eigenvalue weighted by Crippen LogP contribution is -2.37. The molecule has 0 N–H and O–H groups in total. The summed E-state index contributed by atoms with van der Waals surface area (Å²) in [6.07, 6.45) is 17.6. The number of hydrogen-bond donors (Lipinski definition) is 0. The number of rotatable bonds is 19. The van der Waals surface area contributed by atoms with Gasteiger partial charge in [-0.15, -0.1) is 6.58 Å². The van der Waals surface area contributed by atoms with E-state index in [1.54, 1.807) is 0 Å². The third-order valence-corrected chi connectivity index (χ3v) is 7.14. The molecule has 0 aromatic heterocycles. The molecule has 0 bridgehead atoms. The van der Waals surface area contributed by atoms with Crippen molar-refractivity contribution >= 4 is 8.56 Å². The second-order valence-corrected chi connectivity index (χ2v) is 11.0. The third kappa shape index (κ3) is 17.1. The molecule has 25 heavy (non-hydrogen) atoms. The van der Waals surface area contributed by atoms with E-state index in [1.807, 2.05) is 5.70 Å². The molecule has 3 heteroatoms. The second kappa shape index (κ2) is 17.3. The van der Waals surface area contributed by atoms with Crippen LogP contribution in [0.15, 0.2) is 12.3 Å². The lowest BCUT2D eigenvalue weighted by atomic mass is 10.1. The third-order valence-electron chi connectivity index (χ3n) is 4.84. The second-order valence-electron chi connectivity index (χ2n) is 7.99. The van der Waals surface area contributed by atoms with Gasteiger partial charge in [0.2, 0.25) is 0 Å². The van der Waals surface area contributed by atoms with Crippen molar-refractivity contribution in [2.75, 3.05) is 13.2 Å². The van der Waals surface area contributed by atoms with Crippen LogP contribution in [-0.2, 0) is 8.85 Å². The van der Waals surface area contributed by atoms with Crippen LogP contribution in [-0.4, -0.2) is 21.8 Å². The Morgan fingerprint density at radius 2 is 1.20 bits per heavy atom. The highest BCUT2D eigenvalue weighted by molar-refractivity contribution is 6.71. The van der Waals surface area contributed by atoms with Gasteiger partial charge in [0.25, 0.3) is 0 Å². The van der Waals surface area contributed by atoms with E-state index in [-0.39, 0.29) is 0 Å². The fourth-order valence-corrected chi connectivity index (χ4v) is 4.27. The van der Waals surface area contributed by atoms with Gasteiger partial charge >= 0.3 is 8.56 Å². The molecule has 150 valence electrons. The molecule has 0 amide bonds. The zero-order valence-electron chi connectivity index (χ0n) is 17.8. The molecule has 2 nitrogen and oxygen atoms in total. The smallest absolute Gasteiger partial charge is 0.361 e. The molecule has 0 heterocycles. The van der Waals surface area contributed by atoms with Gasteiger partial charge < -0.3 is 8.85 Å². The van der Waals surface area contributed by atoms with E-state index in [0.29, 0.717) is 5.92 Å². The highest BCUT2D eigenvalue weighted by Gasteiger charge is 2.27. The van der Waals surface area contributed by atoms with Gasteiger partial charge in [-0.05, 0) is 31.0 Å². The summed E-state index contributed by atoms with van der Waals surface area (Å²) < 4.78 is 12.0. The first-order valence-corrected chi connectivity index (χ1v) is 13.3. The molecular weight excluding hydrogens is 324 g/mol. The van der Waals surface area contributed by atoms with Crippen molar-refractivity contribution in [3.8, 4) is 0 Å². The minimum atomic E-state index is -2.13. The summed E-state index contributed by atoms with van der Waals surface area (Å²) in [5.74, 6) is 0.680. The lowest BCUT2D eigenvalue weighted by Gasteiger charge is -2.24. The fraction of sp³-hybridized carbons (Fsp3) is 0.909. The molecular formula is C22H46O2Si. The molecule has 0 aliphatic rings. The highest BCUT2D eigenvalue weighted by atomic mass is 28.4. The topological polar surface area (TPSA) is 18.5 Å². The predicted octanol–water partition coefficient (Wildman–Crippen LogP) is 7.56. The maximum absolute atomic E-state index is 6.05. The summed E-state index contributed by atoms with van der Waals surface area (Å²) in [6.45, 7) is 14.4. The van der Waals surface area contributed by atoms with Crippen molar-refractivity contribution in [2.45, 2.75) is 111 Å². The first-order valence-electron chi connectivity index (χ1n) is 11.0. The molecule has 0 aliphatic carbocycles. The van der Waals surface area contributed by atoms with Gasteiger partial charge in [0.05, 0.1) is 0 Å². The van der Waals surface area contributed by atoms with Gasteiger partial charge in [0.1, 0.15) is 0 Å². The van der Waals surface area contributed by atoms with E-state index >= 15 is 0 Å². The van der Waals surface area contributed by atoms with Crippen LogP contribution >= 0.6 is 0 Å². The van der Waals surface area contributed by atoms with E-state index in [4.69, 9.17) is 8.85 Å². The van der Waals surface area contributed by atoms with Crippen molar-refractivity contribution in [3.63, 3.8) is 0 Å². The standard InChI is InChI=1S/C22H46O2Si/c1-6-8-9-10-11-12-13-14-15-16-17-18-20-23-25(5,7-2)24-21-19-22(3)4/h7,22H,2,6,8-21H2,1,3-5H3. The molecule has 0 rings (SSSR count). The molecule has 0 fully saturated rings.